The van der Waals surface area contributed by atoms with Crippen molar-refractivity contribution >= 4 is 45.3 Å². The maximum Gasteiger partial charge on any atom is 0.341 e. The van der Waals surface area contributed by atoms with Crippen molar-refractivity contribution in [3.63, 3.8) is 0 Å². The van der Waals surface area contributed by atoms with Gasteiger partial charge in [-0.3, -0.25) is 0 Å². The van der Waals surface area contributed by atoms with Crippen LogP contribution in [0.1, 0.15) is 33.6 Å². The molecule has 0 saturated heterocycles. The molecule has 1 aromatic carbocycles. The van der Waals surface area contributed by atoms with E-state index < -0.39 is 0 Å². The minimum Gasteiger partial charge on any atom is -0.497 e. The second-order valence-electron chi connectivity index (χ2n) is 6.05. The van der Waals surface area contributed by atoms with Crippen LogP contribution >= 0.6 is 23.6 Å². The van der Waals surface area contributed by atoms with Crippen molar-refractivity contribution < 1.29 is 19.0 Å². The highest BCUT2D eigenvalue weighted by Gasteiger charge is 2.26. The monoisotopic (exact) mass is 406 g/mol. The number of benzene rings is 1. The molecule has 27 heavy (non-hydrogen) atoms. The highest BCUT2D eigenvalue weighted by Crippen LogP contribution is 2.38. The first-order valence-electron chi connectivity index (χ1n) is 8.60. The molecule has 1 aromatic heterocycles. The number of thiocarbonyl (C=S) groups is 1. The summed E-state index contributed by atoms with van der Waals surface area (Å²) in [6.45, 7) is 0. The van der Waals surface area contributed by atoms with Crippen LogP contribution in [0.5, 0.6) is 11.5 Å². The largest absolute Gasteiger partial charge is 0.497 e. The molecule has 0 radical (unpaired) electrons. The van der Waals surface area contributed by atoms with Gasteiger partial charge in [0.05, 0.1) is 32.6 Å². The number of anilines is 2. The van der Waals surface area contributed by atoms with Gasteiger partial charge in [-0.15, -0.1) is 11.3 Å². The fraction of sp³-hybridized carbons (Fsp3) is 0.368. The summed E-state index contributed by atoms with van der Waals surface area (Å²) in [5.41, 5.74) is 2.39. The number of rotatable bonds is 5. The molecule has 2 aromatic rings. The van der Waals surface area contributed by atoms with E-state index in [9.17, 15) is 4.79 Å². The summed E-state index contributed by atoms with van der Waals surface area (Å²) in [7, 11) is 4.58. The topological polar surface area (TPSA) is 68.8 Å². The fourth-order valence-electron chi connectivity index (χ4n) is 3.13. The Morgan fingerprint density at radius 1 is 1.11 bits per heavy atom. The molecular formula is C19H22N2O4S2. The number of thiophene rings is 1. The number of hydrogen-bond acceptors (Lipinski definition) is 6. The van der Waals surface area contributed by atoms with Gasteiger partial charge in [0.15, 0.2) is 5.11 Å². The van der Waals surface area contributed by atoms with Crippen LogP contribution in [0.15, 0.2) is 18.2 Å². The van der Waals surface area contributed by atoms with E-state index in [4.69, 9.17) is 26.4 Å². The predicted molar refractivity (Wildman–Crippen MR) is 112 cm³/mol. The highest BCUT2D eigenvalue weighted by molar-refractivity contribution is 7.80. The molecule has 2 N–H and O–H groups in total. The van der Waals surface area contributed by atoms with Gasteiger partial charge in [0, 0.05) is 10.9 Å². The molecule has 6 nitrogen and oxygen atoms in total. The minimum absolute atomic E-state index is 0.332. The Morgan fingerprint density at radius 3 is 2.59 bits per heavy atom. The number of carbonyl (C=O) groups excluding carboxylic acids is 1. The number of carbonyl (C=O) groups is 1. The highest BCUT2D eigenvalue weighted by atomic mass is 32.1. The van der Waals surface area contributed by atoms with E-state index in [2.05, 4.69) is 10.6 Å². The molecule has 0 fully saturated rings. The van der Waals surface area contributed by atoms with Crippen LogP contribution in [-0.2, 0) is 17.6 Å². The lowest BCUT2D eigenvalue weighted by molar-refractivity contribution is 0.0601. The maximum absolute atomic E-state index is 12.3. The number of methoxy groups -OCH3 is 3. The second kappa shape index (κ2) is 8.58. The molecule has 0 amide bonds. The number of nitrogens with one attached hydrogen (secondary N) is 2. The zero-order valence-electron chi connectivity index (χ0n) is 15.5. The van der Waals surface area contributed by atoms with Crippen molar-refractivity contribution in [1.82, 2.24) is 0 Å². The molecule has 0 spiro atoms. The first kappa shape index (κ1) is 19.4. The van der Waals surface area contributed by atoms with Gasteiger partial charge in [0.25, 0.3) is 0 Å². The molecular weight excluding hydrogens is 384 g/mol. The van der Waals surface area contributed by atoms with Crippen molar-refractivity contribution in [2.75, 3.05) is 32.0 Å². The van der Waals surface area contributed by atoms with Crippen LogP contribution in [0.2, 0.25) is 0 Å². The van der Waals surface area contributed by atoms with Crippen molar-refractivity contribution in [2.24, 2.45) is 0 Å². The molecule has 8 heteroatoms. The van der Waals surface area contributed by atoms with Crippen LogP contribution in [0, 0.1) is 0 Å². The van der Waals surface area contributed by atoms with Gasteiger partial charge in [0.1, 0.15) is 16.5 Å². The average Bonchev–Trinajstić information content (AvgIpc) is 3.05. The van der Waals surface area contributed by atoms with E-state index in [0.717, 1.165) is 36.2 Å². The van der Waals surface area contributed by atoms with Gasteiger partial charge in [-0.05, 0) is 55.6 Å². The van der Waals surface area contributed by atoms with Crippen molar-refractivity contribution in [3.05, 3.63) is 34.2 Å². The average molecular weight is 407 g/mol. The lowest BCUT2D eigenvalue weighted by Crippen LogP contribution is -2.20. The Morgan fingerprint density at radius 2 is 1.89 bits per heavy atom. The summed E-state index contributed by atoms with van der Waals surface area (Å²) in [6.07, 6.45) is 4.10. The standard InChI is InChI=1S/C19H22N2O4S2/c1-23-11-8-9-13(14(10-11)24-2)20-19(26)21-17-16(18(22)25-3)12-6-4-5-7-15(12)27-17/h8-10H,4-7H2,1-3H3,(H2,20,21,26). The fourth-order valence-corrected chi connectivity index (χ4v) is 4.69. The molecule has 0 aliphatic heterocycles. The molecule has 3 rings (SSSR count). The van der Waals surface area contributed by atoms with Crippen LogP contribution in [-0.4, -0.2) is 32.4 Å². The van der Waals surface area contributed by atoms with E-state index >= 15 is 0 Å². The van der Waals surface area contributed by atoms with Gasteiger partial charge in [-0.2, -0.15) is 0 Å². The van der Waals surface area contributed by atoms with Crippen molar-refractivity contribution in [2.45, 2.75) is 25.7 Å². The van der Waals surface area contributed by atoms with E-state index in [1.165, 1.54) is 12.0 Å². The Balaban J connectivity index is 1.82. The zero-order chi connectivity index (χ0) is 19.4. The third kappa shape index (κ3) is 4.17. The summed E-state index contributed by atoms with van der Waals surface area (Å²) in [5.74, 6) is 0.967. The lowest BCUT2D eigenvalue weighted by atomic mass is 9.95. The maximum atomic E-state index is 12.3. The van der Waals surface area contributed by atoms with Crippen molar-refractivity contribution in [1.29, 1.82) is 0 Å². The molecule has 144 valence electrons. The molecule has 1 heterocycles. The van der Waals surface area contributed by atoms with Crippen LogP contribution in [0.4, 0.5) is 10.7 Å². The van der Waals surface area contributed by atoms with E-state index in [-0.39, 0.29) is 5.97 Å². The summed E-state index contributed by atoms with van der Waals surface area (Å²) in [5, 5.41) is 7.38. The SMILES string of the molecule is COC(=O)c1c(NC(=S)Nc2ccc(OC)cc2OC)sc2c1CCCC2. The smallest absolute Gasteiger partial charge is 0.341 e. The number of ether oxygens (including phenoxy) is 3. The van der Waals surface area contributed by atoms with Gasteiger partial charge < -0.3 is 24.8 Å². The summed E-state index contributed by atoms with van der Waals surface area (Å²) in [4.78, 5) is 13.6. The first-order chi connectivity index (χ1) is 13.1. The Hall–Kier alpha value is -2.32. The zero-order valence-corrected chi connectivity index (χ0v) is 17.1. The first-order valence-corrected chi connectivity index (χ1v) is 9.82. The molecule has 0 bridgehead atoms. The van der Waals surface area contributed by atoms with Crippen LogP contribution < -0.4 is 20.1 Å². The van der Waals surface area contributed by atoms with Gasteiger partial charge in [-0.1, -0.05) is 0 Å². The Bertz CT molecular complexity index is 864. The molecule has 1 aliphatic carbocycles. The molecule has 1 aliphatic rings. The van der Waals surface area contributed by atoms with Crippen LogP contribution in [0.3, 0.4) is 0 Å². The number of fused-ring (bicyclic) bond motifs is 1. The third-order valence-corrected chi connectivity index (χ3v) is 5.86. The summed E-state index contributed by atoms with van der Waals surface area (Å²) in [6, 6.07) is 5.41. The van der Waals surface area contributed by atoms with E-state index in [1.54, 1.807) is 31.6 Å². The Labute approximate surface area is 167 Å². The minimum atomic E-state index is -0.332. The lowest BCUT2D eigenvalue weighted by Gasteiger charge is -2.14. The predicted octanol–water partition coefficient (Wildman–Crippen LogP) is 4.24. The summed E-state index contributed by atoms with van der Waals surface area (Å²) < 4.78 is 15.6. The van der Waals surface area contributed by atoms with E-state index in [1.807, 2.05) is 12.1 Å². The van der Waals surface area contributed by atoms with Gasteiger partial charge >= 0.3 is 5.97 Å². The van der Waals surface area contributed by atoms with E-state index in [0.29, 0.717) is 27.9 Å². The third-order valence-electron chi connectivity index (χ3n) is 4.44. The normalized spacial score (nSPS) is 12.7. The van der Waals surface area contributed by atoms with Gasteiger partial charge in [0.2, 0.25) is 0 Å². The van der Waals surface area contributed by atoms with Crippen molar-refractivity contribution in [3.8, 4) is 11.5 Å². The Kier molecular flexibility index (Phi) is 6.18. The summed E-state index contributed by atoms with van der Waals surface area (Å²) >= 11 is 7.03. The number of hydrogen-bond donors (Lipinski definition) is 2. The van der Waals surface area contributed by atoms with Gasteiger partial charge in [-0.25, -0.2) is 4.79 Å². The van der Waals surface area contributed by atoms with Crippen LogP contribution in [0.25, 0.3) is 0 Å². The molecule has 0 saturated carbocycles. The second-order valence-corrected chi connectivity index (χ2v) is 7.57. The molecule has 0 atom stereocenters. The molecule has 0 unspecified atom stereocenters. The quantitative estimate of drug-likeness (QED) is 0.568. The number of aryl methyl sites for hydroxylation is 1. The number of esters is 1.